The standard InChI is InChI=1S/C17H25F2N/c1-5-20-16(13-7-6-10-17(13,3)4)12-9-8-11(2)14(18)15(12)19/h8-9,13,16,20H,5-7,10H2,1-4H3. The van der Waals surface area contributed by atoms with Crippen LogP contribution in [0, 0.1) is 29.9 Å². The minimum atomic E-state index is -0.707. The van der Waals surface area contributed by atoms with Crippen LogP contribution in [0.15, 0.2) is 12.1 Å². The first-order valence-electron chi connectivity index (χ1n) is 7.56. The second-order valence-electron chi connectivity index (χ2n) is 6.62. The van der Waals surface area contributed by atoms with E-state index in [0.29, 0.717) is 17.0 Å². The molecule has 0 aromatic heterocycles. The first-order chi connectivity index (χ1) is 9.38. The summed E-state index contributed by atoms with van der Waals surface area (Å²) in [5.74, 6) is -1.04. The summed E-state index contributed by atoms with van der Waals surface area (Å²) >= 11 is 0. The van der Waals surface area contributed by atoms with Crippen LogP contribution in [0.1, 0.15) is 57.2 Å². The Bertz CT molecular complexity index is 482. The summed E-state index contributed by atoms with van der Waals surface area (Å²) in [4.78, 5) is 0. The van der Waals surface area contributed by atoms with Gasteiger partial charge in [-0.05, 0) is 43.2 Å². The molecule has 0 spiro atoms. The fraction of sp³-hybridized carbons (Fsp3) is 0.647. The Morgan fingerprint density at radius 2 is 2.00 bits per heavy atom. The van der Waals surface area contributed by atoms with Crippen molar-refractivity contribution in [3.05, 3.63) is 34.9 Å². The van der Waals surface area contributed by atoms with Crippen molar-refractivity contribution in [3.8, 4) is 0 Å². The van der Waals surface area contributed by atoms with Gasteiger partial charge in [0, 0.05) is 11.6 Å². The highest BCUT2D eigenvalue weighted by Crippen LogP contribution is 2.49. The number of benzene rings is 1. The Morgan fingerprint density at radius 3 is 2.55 bits per heavy atom. The van der Waals surface area contributed by atoms with E-state index in [-0.39, 0.29) is 11.5 Å². The third-order valence-corrected chi connectivity index (χ3v) is 4.81. The van der Waals surface area contributed by atoms with E-state index in [1.54, 1.807) is 19.1 Å². The summed E-state index contributed by atoms with van der Waals surface area (Å²) < 4.78 is 28.2. The van der Waals surface area contributed by atoms with Crippen molar-refractivity contribution in [1.29, 1.82) is 0 Å². The van der Waals surface area contributed by atoms with Crippen molar-refractivity contribution in [3.63, 3.8) is 0 Å². The fourth-order valence-corrected chi connectivity index (χ4v) is 3.56. The summed E-state index contributed by atoms with van der Waals surface area (Å²) in [5.41, 5.74) is 1.02. The molecule has 0 bridgehead atoms. The normalized spacial score (nSPS) is 23.0. The van der Waals surface area contributed by atoms with E-state index in [0.717, 1.165) is 25.8 Å². The maximum atomic E-state index is 14.3. The molecule has 1 fully saturated rings. The van der Waals surface area contributed by atoms with Gasteiger partial charge in [-0.1, -0.05) is 39.3 Å². The lowest BCUT2D eigenvalue weighted by Gasteiger charge is -2.35. The van der Waals surface area contributed by atoms with Crippen molar-refractivity contribution >= 4 is 0 Å². The molecule has 0 saturated heterocycles. The van der Waals surface area contributed by atoms with Gasteiger partial charge in [-0.2, -0.15) is 0 Å². The first kappa shape index (κ1) is 15.4. The topological polar surface area (TPSA) is 12.0 Å². The summed E-state index contributed by atoms with van der Waals surface area (Å²) in [5, 5.41) is 3.38. The molecular weight excluding hydrogens is 256 g/mol. The van der Waals surface area contributed by atoms with Gasteiger partial charge in [0.25, 0.3) is 0 Å². The van der Waals surface area contributed by atoms with Gasteiger partial charge in [0.15, 0.2) is 11.6 Å². The van der Waals surface area contributed by atoms with E-state index in [2.05, 4.69) is 19.2 Å². The minimum absolute atomic E-state index is 0.104. The molecule has 1 N–H and O–H groups in total. The number of nitrogens with one attached hydrogen (secondary N) is 1. The minimum Gasteiger partial charge on any atom is -0.310 e. The van der Waals surface area contributed by atoms with E-state index in [1.807, 2.05) is 6.92 Å². The third kappa shape index (κ3) is 2.73. The molecule has 1 nitrogen and oxygen atoms in total. The molecule has 0 radical (unpaired) electrons. The second-order valence-corrected chi connectivity index (χ2v) is 6.62. The summed E-state index contributed by atoms with van der Waals surface area (Å²) in [6.07, 6.45) is 3.38. The van der Waals surface area contributed by atoms with Crippen molar-refractivity contribution in [2.24, 2.45) is 11.3 Å². The molecule has 1 aliphatic carbocycles. The van der Waals surface area contributed by atoms with Crippen molar-refractivity contribution in [2.45, 2.75) is 53.0 Å². The first-order valence-corrected chi connectivity index (χ1v) is 7.56. The molecule has 3 heteroatoms. The van der Waals surface area contributed by atoms with Crippen LogP contribution >= 0.6 is 0 Å². The lowest BCUT2D eigenvalue weighted by molar-refractivity contribution is 0.195. The SMILES string of the molecule is CCNC(c1ccc(C)c(F)c1F)C1CCCC1(C)C. The molecular formula is C17H25F2N. The highest BCUT2D eigenvalue weighted by Gasteiger charge is 2.40. The molecule has 0 aliphatic heterocycles. The van der Waals surface area contributed by atoms with Crippen LogP contribution in [0.3, 0.4) is 0 Å². The zero-order valence-corrected chi connectivity index (χ0v) is 12.9. The van der Waals surface area contributed by atoms with Gasteiger partial charge in [-0.15, -0.1) is 0 Å². The fourth-order valence-electron chi connectivity index (χ4n) is 3.56. The largest absolute Gasteiger partial charge is 0.310 e. The van der Waals surface area contributed by atoms with Crippen LogP contribution in [0.5, 0.6) is 0 Å². The summed E-state index contributed by atoms with van der Waals surface area (Å²) in [6, 6.07) is 3.32. The zero-order chi connectivity index (χ0) is 14.9. The number of rotatable bonds is 4. The number of hydrogen-bond donors (Lipinski definition) is 1. The molecule has 1 aromatic rings. The third-order valence-electron chi connectivity index (χ3n) is 4.81. The Balaban J connectivity index is 2.41. The monoisotopic (exact) mass is 281 g/mol. The highest BCUT2D eigenvalue weighted by molar-refractivity contribution is 5.29. The van der Waals surface area contributed by atoms with E-state index in [9.17, 15) is 8.78 Å². The quantitative estimate of drug-likeness (QED) is 0.839. The lowest BCUT2D eigenvalue weighted by Crippen LogP contribution is -2.34. The Morgan fingerprint density at radius 1 is 1.30 bits per heavy atom. The van der Waals surface area contributed by atoms with Gasteiger partial charge in [-0.3, -0.25) is 0 Å². The predicted octanol–water partition coefficient (Wildman–Crippen LogP) is 4.75. The van der Waals surface area contributed by atoms with Gasteiger partial charge in [0.05, 0.1) is 0 Å². The molecule has 0 amide bonds. The van der Waals surface area contributed by atoms with Crippen LogP contribution in [-0.2, 0) is 0 Å². The van der Waals surface area contributed by atoms with Crippen LogP contribution in [0.4, 0.5) is 8.78 Å². The van der Waals surface area contributed by atoms with E-state index in [4.69, 9.17) is 0 Å². The van der Waals surface area contributed by atoms with Gasteiger partial charge < -0.3 is 5.32 Å². The smallest absolute Gasteiger partial charge is 0.163 e. The molecule has 112 valence electrons. The molecule has 2 atom stereocenters. The van der Waals surface area contributed by atoms with Crippen LogP contribution < -0.4 is 5.32 Å². The van der Waals surface area contributed by atoms with Crippen molar-refractivity contribution in [2.75, 3.05) is 6.54 Å². The van der Waals surface area contributed by atoms with Crippen LogP contribution in [-0.4, -0.2) is 6.54 Å². The van der Waals surface area contributed by atoms with Gasteiger partial charge in [0.1, 0.15) is 0 Å². The number of halogens is 2. The molecule has 1 aliphatic rings. The molecule has 1 saturated carbocycles. The molecule has 0 heterocycles. The zero-order valence-electron chi connectivity index (χ0n) is 12.9. The Kier molecular flexibility index (Phi) is 4.48. The molecule has 2 rings (SSSR count). The maximum Gasteiger partial charge on any atom is 0.163 e. The second kappa shape index (κ2) is 5.80. The molecule has 2 unspecified atom stereocenters. The molecule has 1 aromatic carbocycles. The number of aryl methyl sites for hydroxylation is 1. The van der Waals surface area contributed by atoms with Gasteiger partial charge in [0.2, 0.25) is 0 Å². The van der Waals surface area contributed by atoms with E-state index < -0.39 is 11.6 Å². The van der Waals surface area contributed by atoms with Crippen molar-refractivity contribution < 1.29 is 8.78 Å². The summed E-state index contributed by atoms with van der Waals surface area (Å²) in [6.45, 7) is 8.84. The highest BCUT2D eigenvalue weighted by atomic mass is 19.2. The number of hydrogen-bond acceptors (Lipinski definition) is 1. The van der Waals surface area contributed by atoms with Gasteiger partial charge >= 0.3 is 0 Å². The van der Waals surface area contributed by atoms with E-state index >= 15 is 0 Å². The van der Waals surface area contributed by atoms with Gasteiger partial charge in [-0.25, -0.2) is 8.78 Å². The average molecular weight is 281 g/mol. The Labute approximate surface area is 120 Å². The summed E-state index contributed by atoms with van der Waals surface area (Å²) in [7, 11) is 0. The Hall–Kier alpha value is -0.960. The average Bonchev–Trinajstić information content (AvgIpc) is 2.74. The maximum absolute atomic E-state index is 14.3. The lowest BCUT2D eigenvalue weighted by atomic mass is 9.75. The van der Waals surface area contributed by atoms with Crippen LogP contribution in [0.25, 0.3) is 0 Å². The van der Waals surface area contributed by atoms with Crippen LogP contribution in [0.2, 0.25) is 0 Å². The van der Waals surface area contributed by atoms with E-state index in [1.165, 1.54) is 0 Å². The molecule has 20 heavy (non-hydrogen) atoms. The van der Waals surface area contributed by atoms with Crippen molar-refractivity contribution in [1.82, 2.24) is 5.32 Å². The predicted molar refractivity (Wildman–Crippen MR) is 78.6 cm³/mol.